The minimum absolute atomic E-state index is 0.0226. The van der Waals surface area contributed by atoms with Gasteiger partial charge in [0.25, 0.3) is 5.91 Å². The molecule has 1 aliphatic rings. The fourth-order valence-corrected chi connectivity index (χ4v) is 3.06. The molecule has 1 aliphatic heterocycles. The quantitative estimate of drug-likeness (QED) is 0.893. The minimum atomic E-state index is -0.916. The normalized spacial score (nSPS) is 14.9. The van der Waals surface area contributed by atoms with Gasteiger partial charge in [0.05, 0.1) is 12.7 Å². The summed E-state index contributed by atoms with van der Waals surface area (Å²) in [7, 11) is 1.59. The van der Waals surface area contributed by atoms with Crippen LogP contribution in [0.3, 0.4) is 0 Å². The van der Waals surface area contributed by atoms with Crippen LogP contribution < -0.4 is 4.74 Å². The highest BCUT2D eigenvalue weighted by molar-refractivity contribution is 5.94. The lowest BCUT2D eigenvalue weighted by atomic mass is 10.1. The van der Waals surface area contributed by atoms with E-state index in [1.165, 1.54) is 0 Å². The Balaban J connectivity index is 1.55. The summed E-state index contributed by atoms with van der Waals surface area (Å²) in [4.78, 5) is 27.7. The summed E-state index contributed by atoms with van der Waals surface area (Å²) >= 11 is 0. The zero-order valence-electron chi connectivity index (χ0n) is 14.7. The van der Waals surface area contributed by atoms with E-state index in [0.29, 0.717) is 30.0 Å². The van der Waals surface area contributed by atoms with Gasteiger partial charge in [-0.15, -0.1) is 0 Å². The second-order valence-electron chi connectivity index (χ2n) is 6.30. The molecule has 1 amide bonds. The summed E-state index contributed by atoms with van der Waals surface area (Å²) < 4.78 is 5.18. The van der Waals surface area contributed by atoms with Crippen molar-refractivity contribution in [2.45, 2.75) is 6.54 Å². The molecule has 6 nitrogen and oxygen atoms in total. The number of carboxylic acid groups (broad SMARTS) is 1. The number of benzene rings is 2. The van der Waals surface area contributed by atoms with E-state index in [9.17, 15) is 9.59 Å². The zero-order valence-corrected chi connectivity index (χ0v) is 14.7. The molecule has 6 heteroatoms. The molecule has 1 saturated heterocycles. The van der Waals surface area contributed by atoms with E-state index in [4.69, 9.17) is 9.84 Å². The van der Waals surface area contributed by atoms with Crippen molar-refractivity contribution >= 4 is 11.9 Å². The Kier molecular flexibility index (Phi) is 5.53. The highest BCUT2D eigenvalue weighted by Gasteiger charge is 2.22. The van der Waals surface area contributed by atoms with E-state index in [0.717, 1.165) is 25.2 Å². The summed E-state index contributed by atoms with van der Waals surface area (Å²) in [5.41, 5.74) is 2.01. The van der Waals surface area contributed by atoms with Gasteiger partial charge in [-0.1, -0.05) is 18.2 Å². The average Bonchev–Trinajstić information content (AvgIpc) is 2.68. The Morgan fingerprint density at radius 3 is 2.31 bits per heavy atom. The van der Waals surface area contributed by atoms with Crippen LogP contribution in [0.2, 0.25) is 0 Å². The lowest BCUT2D eigenvalue weighted by molar-refractivity contribution is 0.0627. The van der Waals surface area contributed by atoms with Crippen LogP contribution in [0.15, 0.2) is 48.5 Å². The van der Waals surface area contributed by atoms with Crippen molar-refractivity contribution in [1.82, 2.24) is 9.80 Å². The van der Waals surface area contributed by atoms with Crippen LogP contribution in [0.5, 0.6) is 5.75 Å². The third kappa shape index (κ3) is 4.21. The molecule has 0 aliphatic carbocycles. The van der Waals surface area contributed by atoms with Gasteiger partial charge in [0.1, 0.15) is 5.75 Å². The third-order valence-corrected chi connectivity index (χ3v) is 4.58. The number of ether oxygens (including phenoxy) is 1. The molecule has 136 valence electrons. The van der Waals surface area contributed by atoms with Gasteiger partial charge in [-0.25, -0.2) is 4.79 Å². The molecule has 0 saturated carbocycles. The van der Waals surface area contributed by atoms with Crippen molar-refractivity contribution in [3.8, 4) is 5.75 Å². The van der Waals surface area contributed by atoms with Crippen LogP contribution in [0, 0.1) is 0 Å². The maximum Gasteiger partial charge on any atom is 0.335 e. The number of hydrogen-bond acceptors (Lipinski definition) is 4. The number of rotatable bonds is 5. The summed E-state index contributed by atoms with van der Waals surface area (Å²) in [5.74, 6) is -0.213. The van der Waals surface area contributed by atoms with Gasteiger partial charge in [0, 0.05) is 38.3 Å². The molecule has 0 atom stereocenters. The lowest BCUT2D eigenvalue weighted by Crippen LogP contribution is -2.48. The summed E-state index contributed by atoms with van der Waals surface area (Å²) in [6, 6.07) is 14.2. The Morgan fingerprint density at radius 1 is 1.00 bits per heavy atom. The van der Waals surface area contributed by atoms with E-state index >= 15 is 0 Å². The monoisotopic (exact) mass is 354 g/mol. The van der Waals surface area contributed by atoms with E-state index in [1.807, 2.05) is 29.2 Å². The van der Waals surface area contributed by atoms with Crippen molar-refractivity contribution in [2.75, 3.05) is 33.3 Å². The highest BCUT2D eigenvalue weighted by Crippen LogP contribution is 2.16. The number of piperazine rings is 1. The Hall–Kier alpha value is -2.86. The Labute approximate surface area is 152 Å². The van der Waals surface area contributed by atoms with Gasteiger partial charge in [-0.3, -0.25) is 9.69 Å². The molecular formula is C20H22N2O4. The van der Waals surface area contributed by atoms with Crippen molar-refractivity contribution in [3.05, 3.63) is 65.2 Å². The molecule has 0 radical (unpaired) electrons. The smallest absolute Gasteiger partial charge is 0.335 e. The number of carboxylic acids is 1. The van der Waals surface area contributed by atoms with Gasteiger partial charge < -0.3 is 14.7 Å². The maximum absolute atomic E-state index is 12.6. The predicted molar refractivity (Wildman–Crippen MR) is 97.6 cm³/mol. The van der Waals surface area contributed by atoms with Crippen LogP contribution in [0.1, 0.15) is 26.3 Å². The average molecular weight is 354 g/mol. The molecule has 1 N–H and O–H groups in total. The van der Waals surface area contributed by atoms with E-state index in [1.54, 1.807) is 31.4 Å². The fourth-order valence-electron chi connectivity index (χ4n) is 3.06. The molecule has 1 fully saturated rings. The van der Waals surface area contributed by atoms with Crippen molar-refractivity contribution < 1.29 is 19.4 Å². The van der Waals surface area contributed by atoms with Gasteiger partial charge in [0.15, 0.2) is 0 Å². The molecular weight excluding hydrogens is 332 g/mol. The second kappa shape index (κ2) is 8.01. The first-order chi connectivity index (χ1) is 12.6. The van der Waals surface area contributed by atoms with Gasteiger partial charge >= 0.3 is 5.97 Å². The number of hydrogen-bond donors (Lipinski definition) is 1. The molecule has 2 aromatic rings. The maximum atomic E-state index is 12.6. The molecule has 0 spiro atoms. The van der Waals surface area contributed by atoms with Crippen molar-refractivity contribution in [3.63, 3.8) is 0 Å². The summed E-state index contributed by atoms with van der Waals surface area (Å²) in [6.07, 6.45) is 0. The number of amides is 1. The molecule has 0 aromatic heterocycles. The first kappa shape index (κ1) is 17.9. The molecule has 1 heterocycles. The van der Waals surface area contributed by atoms with Crippen LogP contribution >= 0.6 is 0 Å². The minimum Gasteiger partial charge on any atom is -0.497 e. The van der Waals surface area contributed by atoms with Crippen molar-refractivity contribution in [2.24, 2.45) is 0 Å². The van der Waals surface area contributed by atoms with Crippen LogP contribution in [-0.4, -0.2) is 60.1 Å². The Bertz CT molecular complexity index is 781. The Morgan fingerprint density at radius 2 is 1.69 bits per heavy atom. The van der Waals surface area contributed by atoms with Crippen molar-refractivity contribution in [1.29, 1.82) is 0 Å². The fraction of sp³-hybridized carbons (Fsp3) is 0.300. The zero-order chi connectivity index (χ0) is 18.5. The van der Waals surface area contributed by atoms with E-state index in [-0.39, 0.29) is 5.91 Å². The number of methoxy groups -OCH3 is 1. The van der Waals surface area contributed by atoms with E-state index < -0.39 is 5.97 Å². The molecule has 3 rings (SSSR count). The first-order valence-electron chi connectivity index (χ1n) is 8.55. The number of carbonyl (C=O) groups excluding carboxylic acids is 1. The standard InChI is InChI=1S/C20H22N2O4/c1-26-18-4-2-3-17(13-18)19(23)22-11-9-21(10-12-22)14-15-5-7-16(8-6-15)20(24)25/h2-8,13H,9-12,14H2,1H3,(H,24,25). The van der Waals surface area contributed by atoms with Crippen LogP contribution in [0.4, 0.5) is 0 Å². The topological polar surface area (TPSA) is 70.1 Å². The third-order valence-electron chi connectivity index (χ3n) is 4.58. The predicted octanol–water partition coefficient (Wildman–Crippen LogP) is 2.35. The first-order valence-corrected chi connectivity index (χ1v) is 8.55. The van der Waals surface area contributed by atoms with Crippen LogP contribution in [0.25, 0.3) is 0 Å². The number of carbonyl (C=O) groups is 2. The number of aromatic carboxylic acids is 1. The molecule has 0 unspecified atom stereocenters. The van der Waals surface area contributed by atoms with Gasteiger partial charge in [-0.05, 0) is 35.9 Å². The largest absolute Gasteiger partial charge is 0.497 e. The van der Waals surface area contributed by atoms with E-state index in [2.05, 4.69) is 4.90 Å². The second-order valence-corrected chi connectivity index (χ2v) is 6.30. The summed E-state index contributed by atoms with van der Waals surface area (Å²) in [6.45, 7) is 3.67. The summed E-state index contributed by atoms with van der Waals surface area (Å²) in [5, 5.41) is 8.95. The van der Waals surface area contributed by atoms with Crippen LogP contribution in [-0.2, 0) is 6.54 Å². The lowest BCUT2D eigenvalue weighted by Gasteiger charge is -2.34. The molecule has 0 bridgehead atoms. The molecule has 26 heavy (non-hydrogen) atoms. The highest BCUT2D eigenvalue weighted by atomic mass is 16.5. The van der Waals surface area contributed by atoms with Gasteiger partial charge in [0.2, 0.25) is 0 Å². The van der Waals surface area contributed by atoms with Gasteiger partial charge in [-0.2, -0.15) is 0 Å². The number of nitrogens with zero attached hydrogens (tertiary/aromatic N) is 2. The molecule has 2 aromatic carbocycles. The SMILES string of the molecule is COc1cccc(C(=O)N2CCN(Cc3ccc(C(=O)O)cc3)CC2)c1.